The molecule has 0 aromatic rings. The lowest BCUT2D eigenvalue weighted by atomic mass is 10.1. The number of hydrogen-bond donors (Lipinski definition) is 3. The van der Waals surface area contributed by atoms with Crippen molar-refractivity contribution in [1.29, 1.82) is 0 Å². The Morgan fingerprint density at radius 2 is 2.21 bits per heavy atom. The summed E-state index contributed by atoms with van der Waals surface area (Å²) >= 11 is 5.26. The SMILES string of the molecule is NCCOC(=O)[C@@H](N)CCCCNCl. The monoisotopic (exact) mass is 223 g/mol. The summed E-state index contributed by atoms with van der Waals surface area (Å²) in [7, 11) is 0. The number of unbranched alkanes of at least 4 members (excludes halogenated alkanes) is 1. The van der Waals surface area contributed by atoms with Crippen LogP contribution in [0.1, 0.15) is 19.3 Å². The van der Waals surface area contributed by atoms with E-state index in [0.29, 0.717) is 19.5 Å². The zero-order valence-corrected chi connectivity index (χ0v) is 8.93. The Hall–Kier alpha value is -0.360. The van der Waals surface area contributed by atoms with Crippen molar-refractivity contribution >= 4 is 17.7 Å². The van der Waals surface area contributed by atoms with Crippen LogP contribution in [-0.4, -0.2) is 31.7 Å². The van der Waals surface area contributed by atoms with E-state index in [9.17, 15) is 4.79 Å². The fourth-order valence-corrected chi connectivity index (χ4v) is 1.07. The molecule has 0 unspecified atom stereocenters. The molecule has 0 aliphatic carbocycles. The number of halogens is 1. The number of esters is 1. The molecule has 0 aromatic carbocycles. The molecule has 0 spiro atoms. The summed E-state index contributed by atoms with van der Waals surface area (Å²) < 4.78 is 4.78. The van der Waals surface area contributed by atoms with E-state index in [4.69, 9.17) is 28.0 Å². The number of carbonyl (C=O) groups excluding carboxylic acids is 1. The van der Waals surface area contributed by atoms with Gasteiger partial charge in [0.2, 0.25) is 0 Å². The fraction of sp³-hybridized carbons (Fsp3) is 0.875. The zero-order chi connectivity index (χ0) is 10.8. The quantitative estimate of drug-likeness (QED) is 0.299. The predicted molar refractivity (Wildman–Crippen MR) is 55.7 cm³/mol. The van der Waals surface area contributed by atoms with Gasteiger partial charge in [0.1, 0.15) is 12.6 Å². The molecule has 0 aliphatic heterocycles. The van der Waals surface area contributed by atoms with Crippen LogP contribution in [-0.2, 0) is 9.53 Å². The van der Waals surface area contributed by atoms with Crippen LogP contribution >= 0.6 is 11.8 Å². The fourth-order valence-electron chi connectivity index (χ4n) is 0.940. The summed E-state index contributed by atoms with van der Waals surface area (Å²) in [5.41, 5.74) is 10.7. The van der Waals surface area contributed by atoms with Crippen LogP contribution in [0.15, 0.2) is 0 Å². The van der Waals surface area contributed by atoms with Crippen molar-refractivity contribution in [1.82, 2.24) is 4.84 Å². The van der Waals surface area contributed by atoms with Gasteiger partial charge in [-0.25, -0.2) is 4.84 Å². The van der Waals surface area contributed by atoms with Crippen molar-refractivity contribution in [3.63, 3.8) is 0 Å². The van der Waals surface area contributed by atoms with Crippen LogP contribution in [0.2, 0.25) is 0 Å². The van der Waals surface area contributed by atoms with Crippen LogP contribution in [0, 0.1) is 0 Å². The normalized spacial score (nSPS) is 12.5. The smallest absolute Gasteiger partial charge is 0.322 e. The molecule has 0 heterocycles. The average Bonchev–Trinajstić information content (AvgIpc) is 2.20. The Morgan fingerprint density at radius 1 is 1.50 bits per heavy atom. The van der Waals surface area contributed by atoms with E-state index in [2.05, 4.69) is 4.84 Å². The van der Waals surface area contributed by atoms with Gasteiger partial charge in [0, 0.05) is 13.1 Å². The highest BCUT2D eigenvalue weighted by Gasteiger charge is 2.13. The molecule has 6 heteroatoms. The molecule has 84 valence electrons. The molecule has 0 radical (unpaired) electrons. The first-order valence-electron chi connectivity index (χ1n) is 4.68. The van der Waals surface area contributed by atoms with Gasteiger partial charge in [0.15, 0.2) is 0 Å². The first-order valence-corrected chi connectivity index (χ1v) is 5.06. The van der Waals surface area contributed by atoms with Gasteiger partial charge in [0.05, 0.1) is 0 Å². The third-order valence-electron chi connectivity index (χ3n) is 1.70. The maximum atomic E-state index is 11.1. The van der Waals surface area contributed by atoms with Gasteiger partial charge in [-0.05, 0) is 31.0 Å². The second-order valence-electron chi connectivity index (χ2n) is 2.94. The lowest BCUT2D eigenvalue weighted by Crippen LogP contribution is -2.33. The van der Waals surface area contributed by atoms with Gasteiger partial charge in [-0.2, -0.15) is 0 Å². The summed E-state index contributed by atoms with van der Waals surface area (Å²) in [5.74, 6) is -0.380. The Labute approximate surface area is 89.2 Å². The molecule has 14 heavy (non-hydrogen) atoms. The van der Waals surface area contributed by atoms with Crippen LogP contribution in [0.25, 0.3) is 0 Å². The maximum absolute atomic E-state index is 11.1. The highest BCUT2D eigenvalue weighted by atomic mass is 35.5. The first-order chi connectivity index (χ1) is 6.72. The van der Waals surface area contributed by atoms with Gasteiger partial charge in [-0.15, -0.1) is 0 Å². The summed E-state index contributed by atoms with van der Waals surface area (Å²) in [6, 6.07) is -0.545. The predicted octanol–water partition coefficient (Wildman–Crippen LogP) is -0.271. The Morgan fingerprint density at radius 3 is 2.79 bits per heavy atom. The third-order valence-corrected chi connectivity index (χ3v) is 1.89. The van der Waals surface area contributed by atoms with Crippen LogP contribution in [0.5, 0.6) is 0 Å². The van der Waals surface area contributed by atoms with E-state index >= 15 is 0 Å². The molecule has 0 rings (SSSR count). The van der Waals surface area contributed by atoms with E-state index in [1.54, 1.807) is 0 Å². The number of carbonyl (C=O) groups is 1. The molecule has 0 bridgehead atoms. The lowest BCUT2D eigenvalue weighted by molar-refractivity contribution is -0.145. The summed E-state index contributed by atoms with van der Waals surface area (Å²) in [4.78, 5) is 13.6. The second kappa shape index (κ2) is 9.21. The Balaban J connectivity index is 3.42. The van der Waals surface area contributed by atoms with E-state index in [-0.39, 0.29) is 12.6 Å². The zero-order valence-electron chi connectivity index (χ0n) is 8.17. The summed E-state index contributed by atoms with van der Waals surface area (Å²) in [6.45, 7) is 1.27. The second-order valence-corrected chi connectivity index (χ2v) is 3.21. The average molecular weight is 224 g/mol. The van der Waals surface area contributed by atoms with Crippen molar-refractivity contribution < 1.29 is 9.53 Å². The molecule has 0 amide bonds. The topological polar surface area (TPSA) is 90.4 Å². The van der Waals surface area contributed by atoms with Crippen molar-refractivity contribution in [2.75, 3.05) is 19.7 Å². The van der Waals surface area contributed by atoms with Crippen molar-refractivity contribution in [2.45, 2.75) is 25.3 Å². The summed E-state index contributed by atoms with van der Waals surface area (Å²) in [6.07, 6.45) is 2.35. The molecular formula is C8H18ClN3O2. The number of hydrogen-bond acceptors (Lipinski definition) is 5. The molecule has 5 nitrogen and oxygen atoms in total. The highest BCUT2D eigenvalue weighted by Crippen LogP contribution is 2.00. The Bertz CT molecular complexity index is 158. The Kier molecular flexibility index (Phi) is 8.97. The summed E-state index contributed by atoms with van der Waals surface area (Å²) in [5, 5.41) is 0. The van der Waals surface area contributed by atoms with Crippen molar-refractivity contribution in [3.05, 3.63) is 0 Å². The van der Waals surface area contributed by atoms with Gasteiger partial charge >= 0.3 is 5.97 Å². The molecule has 0 saturated carbocycles. The lowest BCUT2D eigenvalue weighted by Gasteiger charge is -2.10. The van der Waals surface area contributed by atoms with Crippen LogP contribution < -0.4 is 16.3 Å². The minimum Gasteiger partial charge on any atom is -0.463 e. The largest absolute Gasteiger partial charge is 0.463 e. The van der Waals surface area contributed by atoms with Crippen LogP contribution in [0.4, 0.5) is 0 Å². The number of ether oxygens (including phenoxy) is 1. The minimum absolute atomic E-state index is 0.232. The molecule has 5 N–H and O–H groups in total. The van der Waals surface area contributed by atoms with Gasteiger partial charge in [-0.1, -0.05) is 0 Å². The highest BCUT2D eigenvalue weighted by molar-refractivity contribution is 6.13. The van der Waals surface area contributed by atoms with Gasteiger partial charge in [-0.3, -0.25) is 4.79 Å². The number of nitrogens with two attached hydrogens (primary N) is 2. The number of nitrogens with one attached hydrogen (secondary N) is 1. The third kappa shape index (κ3) is 7.08. The van der Waals surface area contributed by atoms with E-state index in [1.165, 1.54) is 0 Å². The van der Waals surface area contributed by atoms with E-state index in [0.717, 1.165) is 12.8 Å². The molecule has 1 atom stereocenters. The van der Waals surface area contributed by atoms with Gasteiger partial charge < -0.3 is 16.2 Å². The first kappa shape index (κ1) is 13.6. The van der Waals surface area contributed by atoms with Crippen LogP contribution in [0.3, 0.4) is 0 Å². The molecule has 0 saturated heterocycles. The van der Waals surface area contributed by atoms with E-state index < -0.39 is 6.04 Å². The van der Waals surface area contributed by atoms with Crippen molar-refractivity contribution in [2.24, 2.45) is 11.5 Å². The molecule has 0 aromatic heterocycles. The maximum Gasteiger partial charge on any atom is 0.322 e. The number of rotatable bonds is 8. The van der Waals surface area contributed by atoms with E-state index in [1.807, 2.05) is 0 Å². The minimum atomic E-state index is -0.545. The van der Waals surface area contributed by atoms with Gasteiger partial charge in [0.25, 0.3) is 0 Å². The molecule has 0 aliphatic rings. The molecule has 0 fully saturated rings. The standard InChI is InChI=1S/C8H18ClN3O2/c9-12-5-2-1-3-7(11)8(13)14-6-4-10/h7,12H,1-6,10-11H2/t7-/m0/s1. The molecular weight excluding hydrogens is 206 g/mol. The van der Waals surface area contributed by atoms with Crippen molar-refractivity contribution in [3.8, 4) is 0 Å².